The van der Waals surface area contributed by atoms with Gasteiger partial charge in [-0.2, -0.15) is 0 Å². The molecule has 24 heavy (non-hydrogen) atoms. The van der Waals surface area contributed by atoms with Crippen LogP contribution in [-0.4, -0.2) is 35.4 Å². The predicted octanol–water partition coefficient (Wildman–Crippen LogP) is 3.10. The molecule has 1 N–H and O–H groups in total. The van der Waals surface area contributed by atoms with Gasteiger partial charge in [0.15, 0.2) is 5.78 Å². The number of hydrogen-bond donors (Lipinski definition) is 1. The van der Waals surface area contributed by atoms with E-state index in [4.69, 9.17) is 0 Å². The highest BCUT2D eigenvalue weighted by Gasteiger charge is 2.49. The zero-order valence-corrected chi connectivity index (χ0v) is 13.8. The maximum atomic E-state index is 12.4. The van der Waals surface area contributed by atoms with Crippen molar-refractivity contribution in [3.63, 3.8) is 0 Å². The Morgan fingerprint density at radius 1 is 0.958 bits per heavy atom. The number of carbonyl (C=O) groups is 1. The van der Waals surface area contributed by atoms with Gasteiger partial charge in [0.1, 0.15) is 0 Å². The molecule has 2 aromatic rings. The number of hydrogen-bond acceptors (Lipinski definition) is 3. The number of ketones is 1. The fourth-order valence-corrected chi connectivity index (χ4v) is 4.48. The van der Waals surface area contributed by atoms with Crippen molar-refractivity contribution in [3.05, 3.63) is 71.8 Å². The van der Waals surface area contributed by atoms with E-state index in [1.165, 1.54) is 0 Å². The van der Waals surface area contributed by atoms with Crippen molar-refractivity contribution in [2.45, 2.75) is 18.4 Å². The lowest BCUT2D eigenvalue weighted by Gasteiger charge is -2.26. The summed E-state index contributed by atoms with van der Waals surface area (Å²) in [6, 6.07) is 19.5. The first-order valence-corrected chi connectivity index (χ1v) is 8.72. The Labute approximate surface area is 142 Å². The zero-order chi connectivity index (χ0) is 16.6. The molecule has 0 radical (unpaired) electrons. The lowest BCUT2D eigenvalue weighted by molar-refractivity contribution is 0.0315. The van der Waals surface area contributed by atoms with Gasteiger partial charge in [-0.25, -0.2) is 0 Å². The third kappa shape index (κ3) is 2.90. The molecule has 1 saturated heterocycles. The van der Waals surface area contributed by atoms with Gasteiger partial charge in [0, 0.05) is 18.7 Å². The molecule has 3 atom stereocenters. The van der Waals surface area contributed by atoms with Crippen LogP contribution in [0, 0.1) is 11.8 Å². The van der Waals surface area contributed by atoms with Gasteiger partial charge in [0.25, 0.3) is 0 Å². The Morgan fingerprint density at radius 3 is 2.08 bits per heavy atom. The predicted molar refractivity (Wildman–Crippen MR) is 93.8 cm³/mol. The second-order valence-electron chi connectivity index (χ2n) is 7.31. The van der Waals surface area contributed by atoms with E-state index in [1.807, 2.05) is 60.7 Å². The number of likely N-dealkylation sites (tertiary alicyclic amines) is 1. The first kappa shape index (κ1) is 15.6. The lowest BCUT2D eigenvalue weighted by Crippen LogP contribution is -2.31. The highest BCUT2D eigenvalue weighted by atomic mass is 16.3. The van der Waals surface area contributed by atoms with E-state index in [9.17, 15) is 9.90 Å². The maximum absolute atomic E-state index is 12.4. The van der Waals surface area contributed by atoms with Crippen LogP contribution in [0.3, 0.4) is 0 Å². The first-order valence-electron chi connectivity index (χ1n) is 8.72. The summed E-state index contributed by atoms with van der Waals surface area (Å²) < 4.78 is 0. The van der Waals surface area contributed by atoms with Crippen LogP contribution in [0.1, 0.15) is 28.8 Å². The second kappa shape index (κ2) is 6.15. The molecule has 2 fully saturated rings. The molecule has 124 valence electrons. The fraction of sp³-hybridized carbons (Fsp3) is 0.381. The molecule has 4 rings (SSSR count). The number of benzene rings is 2. The number of rotatable bonds is 4. The molecule has 0 amide bonds. The molecule has 1 aliphatic heterocycles. The molecule has 0 bridgehead atoms. The van der Waals surface area contributed by atoms with Crippen LogP contribution in [0.25, 0.3) is 0 Å². The van der Waals surface area contributed by atoms with Crippen molar-refractivity contribution in [1.29, 1.82) is 0 Å². The van der Waals surface area contributed by atoms with Crippen LogP contribution in [0.2, 0.25) is 0 Å². The van der Waals surface area contributed by atoms with Crippen LogP contribution >= 0.6 is 0 Å². The van der Waals surface area contributed by atoms with Gasteiger partial charge in [-0.3, -0.25) is 9.69 Å². The standard InChI is InChI=1S/C21H23NO2/c23-20(16-7-3-1-4-8-16)15-22-13-17-11-21(24,12-18(17)14-22)19-9-5-2-6-10-19/h1-10,17-18,24H,11-15H2/t17-,18+,21?. The van der Waals surface area contributed by atoms with E-state index in [-0.39, 0.29) is 5.78 Å². The van der Waals surface area contributed by atoms with Crippen molar-refractivity contribution >= 4 is 5.78 Å². The summed E-state index contributed by atoms with van der Waals surface area (Å²) in [7, 11) is 0. The van der Waals surface area contributed by atoms with Gasteiger partial charge in [0.05, 0.1) is 12.1 Å². The monoisotopic (exact) mass is 321 g/mol. The highest BCUT2D eigenvalue weighted by Crippen LogP contribution is 2.48. The fourth-order valence-electron chi connectivity index (χ4n) is 4.48. The van der Waals surface area contributed by atoms with Crippen molar-refractivity contribution in [2.75, 3.05) is 19.6 Å². The van der Waals surface area contributed by atoms with Crippen LogP contribution in [0.4, 0.5) is 0 Å². The third-order valence-corrected chi connectivity index (χ3v) is 5.63. The first-order chi connectivity index (χ1) is 11.6. The van der Waals surface area contributed by atoms with Crippen molar-refractivity contribution < 1.29 is 9.90 Å². The molecule has 1 unspecified atom stereocenters. The average Bonchev–Trinajstić information content (AvgIpc) is 3.11. The minimum absolute atomic E-state index is 0.189. The van der Waals surface area contributed by atoms with Crippen molar-refractivity contribution in [2.24, 2.45) is 11.8 Å². The van der Waals surface area contributed by atoms with Crippen molar-refractivity contribution in [1.82, 2.24) is 4.90 Å². The number of nitrogens with zero attached hydrogens (tertiary/aromatic N) is 1. The highest BCUT2D eigenvalue weighted by molar-refractivity contribution is 5.97. The van der Waals surface area contributed by atoms with Gasteiger partial charge in [-0.05, 0) is 30.2 Å². The molecule has 2 aliphatic rings. The van der Waals surface area contributed by atoms with Gasteiger partial charge < -0.3 is 5.11 Å². The van der Waals surface area contributed by atoms with E-state index >= 15 is 0 Å². The molecule has 1 saturated carbocycles. The van der Waals surface area contributed by atoms with Crippen LogP contribution in [0.15, 0.2) is 60.7 Å². The van der Waals surface area contributed by atoms with Gasteiger partial charge >= 0.3 is 0 Å². The van der Waals surface area contributed by atoms with Gasteiger partial charge in [-0.15, -0.1) is 0 Å². The van der Waals surface area contributed by atoms with Crippen molar-refractivity contribution in [3.8, 4) is 0 Å². The minimum atomic E-state index is -0.688. The van der Waals surface area contributed by atoms with E-state index in [2.05, 4.69) is 4.90 Å². The quantitative estimate of drug-likeness (QED) is 0.880. The third-order valence-electron chi connectivity index (χ3n) is 5.63. The van der Waals surface area contributed by atoms with Gasteiger partial charge in [0.2, 0.25) is 0 Å². The Bertz CT molecular complexity index is 699. The Morgan fingerprint density at radius 2 is 1.50 bits per heavy atom. The largest absolute Gasteiger partial charge is 0.385 e. The maximum Gasteiger partial charge on any atom is 0.176 e. The molecular weight excluding hydrogens is 298 g/mol. The van der Waals surface area contributed by atoms with Crippen LogP contribution < -0.4 is 0 Å². The average molecular weight is 321 g/mol. The summed E-state index contributed by atoms with van der Waals surface area (Å²) >= 11 is 0. The van der Waals surface area contributed by atoms with E-state index in [1.54, 1.807) is 0 Å². The van der Waals surface area contributed by atoms with Crippen LogP contribution in [-0.2, 0) is 5.60 Å². The second-order valence-corrected chi connectivity index (χ2v) is 7.31. The SMILES string of the molecule is O=C(CN1C[C@@H]2CC(O)(c3ccccc3)C[C@@H]2C1)c1ccccc1. The summed E-state index contributed by atoms with van der Waals surface area (Å²) in [5.41, 5.74) is 1.13. The topological polar surface area (TPSA) is 40.5 Å². The molecule has 2 aromatic carbocycles. The summed E-state index contributed by atoms with van der Waals surface area (Å²) in [6.07, 6.45) is 1.61. The molecule has 0 aromatic heterocycles. The summed E-state index contributed by atoms with van der Waals surface area (Å²) in [5.74, 6) is 1.16. The minimum Gasteiger partial charge on any atom is -0.385 e. The summed E-state index contributed by atoms with van der Waals surface area (Å²) in [6.45, 7) is 2.32. The molecule has 0 spiro atoms. The van der Waals surface area contributed by atoms with Crippen LogP contribution in [0.5, 0.6) is 0 Å². The molecule has 3 nitrogen and oxygen atoms in total. The lowest BCUT2D eigenvalue weighted by atomic mass is 9.90. The van der Waals surface area contributed by atoms with Gasteiger partial charge in [-0.1, -0.05) is 60.7 Å². The summed E-state index contributed by atoms with van der Waals surface area (Å²) in [4.78, 5) is 14.6. The zero-order valence-electron chi connectivity index (χ0n) is 13.8. The normalized spacial score (nSPS) is 29.5. The summed E-state index contributed by atoms with van der Waals surface area (Å²) in [5, 5.41) is 11.0. The Kier molecular flexibility index (Phi) is 3.99. The number of aliphatic hydroxyl groups is 1. The van der Waals surface area contributed by atoms with E-state index < -0.39 is 5.60 Å². The Hall–Kier alpha value is -1.97. The number of Topliss-reactive ketones (excluding diaryl/α,β-unsaturated/α-hetero) is 1. The van der Waals surface area contributed by atoms with E-state index in [0.717, 1.165) is 37.1 Å². The van der Waals surface area contributed by atoms with E-state index in [0.29, 0.717) is 18.4 Å². The molecule has 1 aliphatic carbocycles. The Balaban J connectivity index is 1.39. The smallest absolute Gasteiger partial charge is 0.176 e. The number of carbonyl (C=O) groups excluding carboxylic acids is 1. The molecule has 3 heteroatoms. The number of fused-ring (bicyclic) bond motifs is 1. The molecule has 1 heterocycles. The molecular formula is C21H23NO2.